The first kappa shape index (κ1) is 19.1. The van der Waals surface area contributed by atoms with Crippen molar-refractivity contribution < 1.29 is 18.9 Å². The van der Waals surface area contributed by atoms with Crippen molar-refractivity contribution in [3.63, 3.8) is 0 Å². The summed E-state index contributed by atoms with van der Waals surface area (Å²) >= 11 is 12.7. The van der Waals surface area contributed by atoms with Crippen LogP contribution in [0.5, 0.6) is 11.5 Å². The Morgan fingerprint density at radius 1 is 0.846 bits per heavy atom. The second-order valence-corrected chi connectivity index (χ2v) is 8.20. The number of halogens is 2. The smallest absolute Gasteiger partial charge is 0.158 e. The van der Waals surface area contributed by atoms with Gasteiger partial charge in [-0.15, -0.1) is 0 Å². The molecule has 0 saturated carbocycles. The Bertz CT molecular complexity index is 738. The molecule has 0 spiro atoms. The minimum absolute atomic E-state index is 0.0238. The molecule has 2 aliphatic rings. The first-order chi connectivity index (χ1) is 12.3. The van der Waals surface area contributed by atoms with Crippen LogP contribution in [0.4, 0.5) is 0 Å². The van der Waals surface area contributed by atoms with Crippen LogP contribution in [0.3, 0.4) is 0 Å². The average molecular weight is 397 g/mol. The Morgan fingerprint density at radius 2 is 1.19 bits per heavy atom. The predicted molar refractivity (Wildman–Crippen MR) is 94.7 cm³/mol. The highest BCUT2D eigenvalue weighted by Gasteiger charge is 2.37. The van der Waals surface area contributed by atoms with E-state index in [1.165, 1.54) is 0 Å². The van der Waals surface area contributed by atoms with E-state index in [-0.39, 0.29) is 43.5 Å². The van der Waals surface area contributed by atoms with E-state index in [1.807, 2.05) is 26.0 Å². The van der Waals surface area contributed by atoms with Gasteiger partial charge in [-0.05, 0) is 0 Å². The molecule has 0 bridgehead atoms. The van der Waals surface area contributed by atoms with Crippen LogP contribution in [0.15, 0.2) is 0 Å². The van der Waals surface area contributed by atoms with Gasteiger partial charge in [0.2, 0.25) is 0 Å². The van der Waals surface area contributed by atoms with Gasteiger partial charge in [0.05, 0.1) is 39.6 Å². The van der Waals surface area contributed by atoms with Crippen LogP contribution < -0.4 is 9.47 Å². The summed E-state index contributed by atoms with van der Waals surface area (Å²) in [5.74, 6) is 0.212. The van der Waals surface area contributed by atoms with Gasteiger partial charge in [0.25, 0.3) is 0 Å². The Balaban J connectivity index is 1.92. The lowest BCUT2D eigenvalue weighted by atomic mass is 9.90. The molecule has 8 heteroatoms. The normalized spacial score (nSPS) is 19.5. The summed E-state index contributed by atoms with van der Waals surface area (Å²) < 4.78 is 21.9. The largest absolute Gasteiger partial charge is 0.490 e. The van der Waals surface area contributed by atoms with Gasteiger partial charge in [0.1, 0.15) is 33.3 Å². The summed E-state index contributed by atoms with van der Waals surface area (Å²) in [5.41, 5.74) is -0.251. The van der Waals surface area contributed by atoms with Crippen LogP contribution >= 0.6 is 23.2 Å². The maximum Gasteiger partial charge on any atom is 0.158 e. The number of hydrogen-bond donors (Lipinski definition) is 0. The summed E-state index contributed by atoms with van der Waals surface area (Å²) in [4.78, 5) is 0. The molecule has 0 unspecified atom stereocenters. The zero-order valence-electron chi connectivity index (χ0n) is 14.5. The topological polar surface area (TPSA) is 84.5 Å². The Morgan fingerprint density at radius 3 is 1.42 bits per heavy atom. The fourth-order valence-electron chi connectivity index (χ4n) is 2.69. The van der Waals surface area contributed by atoms with E-state index in [9.17, 15) is 10.5 Å². The fraction of sp³-hybridized carbons (Fsp3) is 0.556. The lowest BCUT2D eigenvalue weighted by Gasteiger charge is -2.38. The van der Waals surface area contributed by atoms with Crippen molar-refractivity contribution >= 4 is 23.2 Å². The van der Waals surface area contributed by atoms with Crippen molar-refractivity contribution in [1.82, 2.24) is 0 Å². The summed E-state index contributed by atoms with van der Waals surface area (Å²) in [5, 5.41) is 19.3. The van der Waals surface area contributed by atoms with Crippen LogP contribution in [0, 0.1) is 33.5 Å². The Kier molecular flexibility index (Phi) is 5.23. The molecule has 2 heterocycles. The lowest BCUT2D eigenvalue weighted by molar-refractivity contribution is -0.120. The number of rotatable bonds is 6. The van der Waals surface area contributed by atoms with E-state index >= 15 is 0 Å². The molecule has 2 saturated heterocycles. The fourth-order valence-corrected chi connectivity index (χ4v) is 3.16. The SMILES string of the molecule is CC1(COc2c(Cl)c(Cl)c(OCC3(C)COC3)c(C#N)c2C#N)COC1. The van der Waals surface area contributed by atoms with E-state index in [0.717, 1.165) is 0 Å². The summed E-state index contributed by atoms with van der Waals surface area (Å²) in [6, 6.07) is 3.99. The zero-order chi connectivity index (χ0) is 18.9. The summed E-state index contributed by atoms with van der Waals surface area (Å²) in [6.45, 7) is 6.86. The molecule has 6 nitrogen and oxygen atoms in total. The molecule has 0 aliphatic carbocycles. The van der Waals surface area contributed by atoms with E-state index in [1.54, 1.807) is 0 Å². The quantitative estimate of drug-likeness (QED) is 0.730. The molecule has 0 atom stereocenters. The maximum absolute atomic E-state index is 9.57. The predicted octanol–water partition coefficient (Wildman–Crippen LogP) is 3.57. The van der Waals surface area contributed by atoms with Gasteiger partial charge >= 0.3 is 0 Å². The molecule has 2 fully saturated rings. The minimum atomic E-state index is -0.149. The number of nitriles is 2. The first-order valence-electron chi connectivity index (χ1n) is 8.09. The second-order valence-electron chi connectivity index (χ2n) is 7.44. The molecule has 1 aromatic rings. The highest BCUT2D eigenvalue weighted by molar-refractivity contribution is 6.44. The molecule has 0 aromatic heterocycles. The van der Waals surface area contributed by atoms with Crippen molar-refractivity contribution in [3.05, 3.63) is 21.2 Å². The molecule has 3 rings (SSSR count). The van der Waals surface area contributed by atoms with Gasteiger partial charge in [-0.3, -0.25) is 0 Å². The molecule has 26 heavy (non-hydrogen) atoms. The van der Waals surface area contributed by atoms with Crippen molar-refractivity contribution in [1.29, 1.82) is 10.5 Å². The molecule has 2 aliphatic heterocycles. The summed E-state index contributed by atoms with van der Waals surface area (Å²) in [7, 11) is 0. The monoisotopic (exact) mass is 396 g/mol. The van der Waals surface area contributed by atoms with Crippen molar-refractivity contribution in [2.24, 2.45) is 10.8 Å². The standard InChI is InChI=1S/C18H18Cl2N2O4/c1-17(5-23-6-17)9-25-15-11(3-21)12(4-22)16(14(20)13(15)19)26-10-18(2)7-24-8-18/h5-10H2,1-2H3. The molecular weight excluding hydrogens is 379 g/mol. The molecule has 0 radical (unpaired) electrons. The zero-order valence-corrected chi connectivity index (χ0v) is 16.0. The van der Waals surface area contributed by atoms with Crippen LogP contribution in [-0.4, -0.2) is 39.6 Å². The van der Waals surface area contributed by atoms with Crippen molar-refractivity contribution in [2.45, 2.75) is 13.8 Å². The van der Waals surface area contributed by atoms with Gasteiger partial charge in [-0.2, -0.15) is 10.5 Å². The number of hydrogen-bond acceptors (Lipinski definition) is 6. The third kappa shape index (κ3) is 3.43. The third-order valence-corrected chi connectivity index (χ3v) is 5.27. The van der Waals surface area contributed by atoms with Crippen LogP contribution in [-0.2, 0) is 9.47 Å². The van der Waals surface area contributed by atoms with Gasteiger partial charge in [-0.1, -0.05) is 37.0 Å². The van der Waals surface area contributed by atoms with Crippen LogP contribution in [0.2, 0.25) is 10.0 Å². The van der Waals surface area contributed by atoms with E-state index in [0.29, 0.717) is 39.6 Å². The van der Waals surface area contributed by atoms with E-state index < -0.39 is 0 Å². The van der Waals surface area contributed by atoms with Gasteiger partial charge in [0.15, 0.2) is 11.5 Å². The Hall–Kier alpha value is -1.70. The highest BCUT2D eigenvalue weighted by atomic mass is 35.5. The van der Waals surface area contributed by atoms with E-state index in [2.05, 4.69) is 0 Å². The van der Waals surface area contributed by atoms with Crippen LogP contribution in [0.1, 0.15) is 25.0 Å². The van der Waals surface area contributed by atoms with Crippen molar-refractivity contribution in [3.8, 4) is 23.6 Å². The minimum Gasteiger partial charge on any atom is -0.490 e. The molecule has 0 N–H and O–H groups in total. The lowest BCUT2D eigenvalue weighted by Crippen LogP contribution is -2.44. The number of nitrogens with zero attached hydrogens (tertiary/aromatic N) is 2. The van der Waals surface area contributed by atoms with Gasteiger partial charge in [-0.25, -0.2) is 0 Å². The Labute approximate surface area is 162 Å². The van der Waals surface area contributed by atoms with E-state index in [4.69, 9.17) is 42.1 Å². The second kappa shape index (κ2) is 7.13. The van der Waals surface area contributed by atoms with Crippen LogP contribution in [0.25, 0.3) is 0 Å². The number of ether oxygens (including phenoxy) is 4. The van der Waals surface area contributed by atoms with Gasteiger partial charge < -0.3 is 18.9 Å². The van der Waals surface area contributed by atoms with Gasteiger partial charge in [0, 0.05) is 10.8 Å². The average Bonchev–Trinajstić information content (AvgIpc) is 2.58. The molecular formula is C18H18Cl2N2O4. The molecule has 138 valence electrons. The first-order valence-corrected chi connectivity index (χ1v) is 8.84. The maximum atomic E-state index is 9.57. The summed E-state index contributed by atoms with van der Waals surface area (Å²) in [6.07, 6.45) is 0. The van der Waals surface area contributed by atoms with Crippen molar-refractivity contribution in [2.75, 3.05) is 39.6 Å². The highest BCUT2D eigenvalue weighted by Crippen LogP contribution is 2.46. The molecule has 1 aromatic carbocycles. The molecule has 0 amide bonds. The third-order valence-electron chi connectivity index (χ3n) is 4.45. The number of benzene rings is 1.